The second-order valence-corrected chi connectivity index (χ2v) is 5.64. The van der Waals surface area contributed by atoms with Crippen LogP contribution in [-0.4, -0.2) is 24.0 Å². The quantitative estimate of drug-likeness (QED) is 0.811. The molecule has 1 atom stereocenters. The monoisotopic (exact) mass is 322 g/mol. The third-order valence-electron chi connectivity index (χ3n) is 4.10. The lowest BCUT2D eigenvalue weighted by Gasteiger charge is -2.28. The molecular formula is C20H22N2O2. The van der Waals surface area contributed by atoms with E-state index in [2.05, 4.69) is 6.07 Å². The lowest BCUT2D eigenvalue weighted by atomic mass is 10.0. The second kappa shape index (κ2) is 8.16. The van der Waals surface area contributed by atoms with Crippen LogP contribution < -0.4 is 4.74 Å². The molecule has 0 heterocycles. The van der Waals surface area contributed by atoms with Gasteiger partial charge in [0.2, 0.25) is 0 Å². The summed E-state index contributed by atoms with van der Waals surface area (Å²) in [5.74, 6) is 0.672. The van der Waals surface area contributed by atoms with Crippen LogP contribution in [0.5, 0.6) is 5.75 Å². The molecule has 124 valence electrons. The van der Waals surface area contributed by atoms with Crippen LogP contribution in [0.15, 0.2) is 48.5 Å². The zero-order valence-electron chi connectivity index (χ0n) is 14.3. The predicted molar refractivity (Wildman–Crippen MR) is 93.6 cm³/mol. The van der Waals surface area contributed by atoms with E-state index in [1.807, 2.05) is 57.2 Å². The van der Waals surface area contributed by atoms with E-state index in [4.69, 9.17) is 10.00 Å². The summed E-state index contributed by atoms with van der Waals surface area (Å²) in [7, 11) is 0. The number of hydrogen-bond acceptors (Lipinski definition) is 3. The molecule has 0 fully saturated rings. The minimum atomic E-state index is -0.0734. The summed E-state index contributed by atoms with van der Waals surface area (Å²) in [6.07, 6.45) is 0. The summed E-state index contributed by atoms with van der Waals surface area (Å²) < 4.78 is 5.67. The van der Waals surface area contributed by atoms with Gasteiger partial charge in [-0.05, 0) is 50.1 Å². The van der Waals surface area contributed by atoms with Gasteiger partial charge in [0.15, 0.2) is 6.61 Å². The van der Waals surface area contributed by atoms with E-state index in [1.165, 1.54) is 0 Å². The van der Waals surface area contributed by atoms with Gasteiger partial charge in [0.25, 0.3) is 5.91 Å². The molecule has 4 heteroatoms. The van der Waals surface area contributed by atoms with Gasteiger partial charge < -0.3 is 9.64 Å². The Morgan fingerprint density at radius 1 is 1.21 bits per heavy atom. The van der Waals surface area contributed by atoms with Crippen LogP contribution in [0.4, 0.5) is 0 Å². The van der Waals surface area contributed by atoms with E-state index in [9.17, 15) is 4.79 Å². The molecule has 0 aliphatic rings. The van der Waals surface area contributed by atoms with Crippen LogP contribution in [-0.2, 0) is 4.79 Å². The fourth-order valence-corrected chi connectivity index (χ4v) is 2.62. The van der Waals surface area contributed by atoms with Gasteiger partial charge in [-0.1, -0.05) is 30.3 Å². The smallest absolute Gasteiger partial charge is 0.260 e. The highest BCUT2D eigenvalue weighted by atomic mass is 16.5. The van der Waals surface area contributed by atoms with Gasteiger partial charge in [0, 0.05) is 6.54 Å². The van der Waals surface area contributed by atoms with Crippen molar-refractivity contribution in [3.8, 4) is 11.8 Å². The molecule has 0 bridgehead atoms. The topological polar surface area (TPSA) is 53.3 Å². The van der Waals surface area contributed by atoms with Crippen LogP contribution in [0.3, 0.4) is 0 Å². The standard InChI is InChI=1S/C20H22N2O2/c1-4-22(16(3)18-11-9-17(13-21)10-12-18)20(23)14-24-19-8-6-5-7-15(19)2/h5-12,16H,4,14H2,1-3H3/t16-/m0/s1. The van der Waals surface area contributed by atoms with Crippen LogP contribution in [0.1, 0.15) is 36.6 Å². The number of benzene rings is 2. The predicted octanol–water partition coefficient (Wildman–Crippen LogP) is 3.86. The summed E-state index contributed by atoms with van der Waals surface area (Å²) in [5, 5.41) is 8.88. The van der Waals surface area contributed by atoms with Crippen LogP contribution in [0, 0.1) is 18.3 Å². The number of para-hydroxylation sites is 1. The molecule has 0 aliphatic carbocycles. The molecule has 2 aromatic carbocycles. The molecule has 4 nitrogen and oxygen atoms in total. The maximum atomic E-state index is 12.5. The Bertz CT molecular complexity index is 732. The van der Waals surface area contributed by atoms with Crippen molar-refractivity contribution in [3.05, 3.63) is 65.2 Å². The highest BCUT2D eigenvalue weighted by molar-refractivity contribution is 5.78. The highest BCUT2D eigenvalue weighted by Crippen LogP contribution is 2.21. The average molecular weight is 322 g/mol. The first kappa shape index (κ1) is 17.6. The largest absolute Gasteiger partial charge is 0.484 e. The Labute approximate surface area is 143 Å². The Kier molecular flexibility index (Phi) is 5.97. The Morgan fingerprint density at radius 2 is 1.88 bits per heavy atom. The lowest BCUT2D eigenvalue weighted by Crippen LogP contribution is -2.36. The first-order valence-corrected chi connectivity index (χ1v) is 8.04. The van der Waals surface area contributed by atoms with Gasteiger partial charge in [-0.15, -0.1) is 0 Å². The van der Waals surface area contributed by atoms with Crippen LogP contribution in [0.2, 0.25) is 0 Å². The SMILES string of the molecule is CCN(C(=O)COc1ccccc1C)[C@@H](C)c1ccc(C#N)cc1. The maximum Gasteiger partial charge on any atom is 0.260 e. The third-order valence-corrected chi connectivity index (χ3v) is 4.10. The lowest BCUT2D eigenvalue weighted by molar-refractivity contribution is -0.135. The van der Waals surface area contributed by atoms with E-state index in [0.717, 1.165) is 16.9 Å². The zero-order valence-corrected chi connectivity index (χ0v) is 14.3. The van der Waals surface area contributed by atoms with Gasteiger partial charge in [0.05, 0.1) is 17.7 Å². The zero-order chi connectivity index (χ0) is 17.5. The van der Waals surface area contributed by atoms with Gasteiger partial charge in [-0.2, -0.15) is 5.26 Å². The molecule has 0 unspecified atom stereocenters. The van der Waals surface area contributed by atoms with Crippen molar-refractivity contribution < 1.29 is 9.53 Å². The Hall–Kier alpha value is -2.80. The number of carbonyl (C=O) groups excluding carboxylic acids is 1. The van der Waals surface area contributed by atoms with Crippen molar-refractivity contribution in [3.63, 3.8) is 0 Å². The first-order chi connectivity index (χ1) is 11.6. The molecule has 0 aromatic heterocycles. The minimum absolute atomic E-state index is 0.0132. The number of hydrogen-bond donors (Lipinski definition) is 0. The van der Waals surface area contributed by atoms with E-state index >= 15 is 0 Å². The molecule has 2 rings (SSSR count). The maximum absolute atomic E-state index is 12.5. The molecule has 2 aromatic rings. The van der Waals surface area contributed by atoms with E-state index in [-0.39, 0.29) is 18.6 Å². The number of ether oxygens (including phenoxy) is 1. The highest BCUT2D eigenvalue weighted by Gasteiger charge is 2.20. The number of nitrogens with zero attached hydrogens (tertiary/aromatic N) is 2. The van der Waals surface area contributed by atoms with Crippen LogP contribution in [0.25, 0.3) is 0 Å². The number of likely N-dealkylation sites (N-methyl/N-ethyl adjacent to an activating group) is 1. The number of carbonyl (C=O) groups is 1. The molecular weight excluding hydrogens is 300 g/mol. The van der Waals surface area contributed by atoms with Gasteiger partial charge in [0.1, 0.15) is 5.75 Å². The fraction of sp³-hybridized carbons (Fsp3) is 0.300. The normalized spacial score (nSPS) is 11.4. The molecule has 0 saturated carbocycles. The summed E-state index contributed by atoms with van der Waals surface area (Å²) in [4.78, 5) is 14.3. The summed E-state index contributed by atoms with van der Waals surface area (Å²) in [5.41, 5.74) is 2.62. The van der Waals surface area contributed by atoms with Gasteiger partial charge in [-0.25, -0.2) is 0 Å². The molecule has 0 spiro atoms. The number of amides is 1. The number of rotatable bonds is 6. The summed E-state index contributed by atoms with van der Waals surface area (Å²) in [6.45, 7) is 6.50. The van der Waals surface area contributed by atoms with E-state index in [0.29, 0.717) is 12.1 Å². The Morgan fingerprint density at radius 3 is 2.46 bits per heavy atom. The first-order valence-electron chi connectivity index (χ1n) is 8.04. The van der Waals surface area contributed by atoms with Gasteiger partial charge >= 0.3 is 0 Å². The molecule has 0 N–H and O–H groups in total. The van der Waals surface area contributed by atoms with Crippen molar-refractivity contribution in [1.29, 1.82) is 5.26 Å². The van der Waals surface area contributed by atoms with E-state index < -0.39 is 0 Å². The molecule has 0 radical (unpaired) electrons. The van der Waals surface area contributed by atoms with Crippen molar-refractivity contribution in [2.45, 2.75) is 26.8 Å². The average Bonchev–Trinajstić information content (AvgIpc) is 2.61. The molecule has 0 saturated heterocycles. The van der Waals surface area contributed by atoms with Crippen LogP contribution >= 0.6 is 0 Å². The summed E-state index contributed by atoms with van der Waals surface area (Å²) >= 11 is 0. The Balaban J connectivity index is 2.04. The number of nitriles is 1. The minimum Gasteiger partial charge on any atom is -0.484 e. The molecule has 1 amide bonds. The van der Waals surface area contributed by atoms with Crippen molar-refractivity contribution in [2.75, 3.05) is 13.2 Å². The van der Waals surface area contributed by atoms with Crippen molar-refractivity contribution in [1.82, 2.24) is 4.90 Å². The van der Waals surface area contributed by atoms with Crippen molar-refractivity contribution in [2.24, 2.45) is 0 Å². The fourth-order valence-electron chi connectivity index (χ4n) is 2.62. The van der Waals surface area contributed by atoms with Gasteiger partial charge in [-0.3, -0.25) is 4.79 Å². The molecule has 0 aliphatic heterocycles. The van der Waals surface area contributed by atoms with Crippen molar-refractivity contribution >= 4 is 5.91 Å². The molecule has 24 heavy (non-hydrogen) atoms. The summed E-state index contributed by atoms with van der Waals surface area (Å²) in [6, 6.07) is 17.0. The third kappa shape index (κ3) is 4.14. The second-order valence-electron chi connectivity index (χ2n) is 5.64. The number of aryl methyl sites for hydroxylation is 1. The van der Waals surface area contributed by atoms with E-state index in [1.54, 1.807) is 17.0 Å².